The zero-order valence-electron chi connectivity index (χ0n) is 14.4. The zero-order valence-corrected chi connectivity index (χ0v) is 15.2. The molecular weight excluding hydrogens is 371 g/mol. The minimum Gasteiger partial charge on any atom is -0.468 e. The van der Waals surface area contributed by atoms with Gasteiger partial charge in [0.05, 0.1) is 17.7 Å². The van der Waals surface area contributed by atoms with E-state index in [1.807, 2.05) is 0 Å². The standard InChI is InChI=1S/C19H17FN2O4S/c1-13-11-15(20)6-9-18(13)22-19(23)14-4-7-17(8-5-14)27(24,25)21-12-16-3-2-10-26-16/h2-11,21H,12H2,1H3,(H,22,23). The summed E-state index contributed by atoms with van der Waals surface area (Å²) in [6.07, 6.45) is 1.46. The Kier molecular flexibility index (Phi) is 5.38. The van der Waals surface area contributed by atoms with Gasteiger partial charge in [-0.3, -0.25) is 4.79 Å². The van der Waals surface area contributed by atoms with E-state index < -0.39 is 15.9 Å². The van der Waals surface area contributed by atoms with Crippen molar-refractivity contribution in [1.82, 2.24) is 4.72 Å². The predicted octanol–water partition coefficient (Wildman–Crippen LogP) is 3.46. The summed E-state index contributed by atoms with van der Waals surface area (Å²) in [4.78, 5) is 12.3. The summed E-state index contributed by atoms with van der Waals surface area (Å²) in [5.41, 5.74) is 1.35. The first kappa shape index (κ1) is 18.8. The first-order valence-corrected chi connectivity index (χ1v) is 9.53. The maximum absolute atomic E-state index is 13.1. The highest BCUT2D eigenvalue weighted by molar-refractivity contribution is 7.89. The maximum Gasteiger partial charge on any atom is 0.255 e. The third-order valence-electron chi connectivity index (χ3n) is 3.88. The van der Waals surface area contributed by atoms with Crippen molar-refractivity contribution in [1.29, 1.82) is 0 Å². The summed E-state index contributed by atoms with van der Waals surface area (Å²) in [5, 5.41) is 2.67. The molecule has 3 aromatic rings. The molecule has 0 saturated heterocycles. The van der Waals surface area contributed by atoms with E-state index in [1.54, 1.807) is 19.1 Å². The molecule has 3 rings (SSSR count). The van der Waals surface area contributed by atoms with Crippen LogP contribution in [0.15, 0.2) is 70.2 Å². The number of hydrogen-bond donors (Lipinski definition) is 2. The van der Waals surface area contributed by atoms with Gasteiger partial charge in [-0.2, -0.15) is 0 Å². The van der Waals surface area contributed by atoms with Crippen molar-refractivity contribution in [3.8, 4) is 0 Å². The van der Waals surface area contributed by atoms with Gasteiger partial charge in [0.2, 0.25) is 10.0 Å². The zero-order chi connectivity index (χ0) is 19.4. The monoisotopic (exact) mass is 388 g/mol. The second-order valence-corrected chi connectivity index (χ2v) is 7.61. The fraction of sp³-hybridized carbons (Fsp3) is 0.105. The fourth-order valence-electron chi connectivity index (χ4n) is 2.41. The van der Waals surface area contributed by atoms with E-state index in [1.165, 1.54) is 48.7 Å². The van der Waals surface area contributed by atoms with Gasteiger partial charge in [0.1, 0.15) is 11.6 Å². The van der Waals surface area contributed by atoms with Crippen LogP contribution >= 0.6 is 0 Å². The molecule has 2 aromatic carbocycles. The van der Waals surface area contributed by atoms with Crippen molar-refractivity contribution >= 4 is 21.6 Å². The Hall–Kier alpha value is -2.97. The normalized spacial score (nSPS) is 11.3. The van der Waals surface area contributed by atoms with Gasteiger partial charge in [0.25, 0.3) is 5.91 Å². The van der Waals surface area contributed by atoms with Gasteiger partial charge in [-0.15, -0.1) is 0 Å². The van der Waals surface area contributed by atoms with Crippen LogP contribution in [0.2, 0.25) is 0 Å². The van der Waals surface area contributed by atoms with Gasteiger partial charge in [0, 0.05) is 11.3 Å². The fourth-order valence-corrected chi connectivity index (χ4v) is 3.40. The molecule has 0 radical (unpaired) electrons. The Balaban J connectivity index is 1.69. The highest BCUT2D eigenvalue weighted by Gasteiger charge is 2.16. The Labute approximate surface area is 156 Å². The third kappa shape index (κ3) is 4.60. The topological polar surface area (TPSA) is 88.4 Å². The SMILES string of the molecule is Cc1cc(F)ccc1NC(=O)c1ccc(S(=O)(=O)NCc2ccco2)cc1. The summed E-state index contributed by atoms with van der Waals surface area (Å²) in [6, 6.07) is 12.9. The number of carbonyl (C=O) groups excluding carboxylic acids is 1. The van der Waals surface area contributed by atoms with E-state index >= 15 is 0 Å². The lowest BCUT2D eigenvalue weighted by molar-refractivity contribution is 0.102. The molecule has 0 atom stereocenters. The number of hydrogen-bond acceptors (Lipinski definition) is 4. The molecule has 2 N–H and O–H groups in total. The van der Waals surface area contributed by atoms with Crippen LogP contribution in [0.5, 0.6) is 0 Å². The molecule has 0 fully saturated rings. The second kappa shape index (κ2) is 7.73. The van der Waals surface area contributed by atoms with Crippen LogP contribution in [0.4, 0.5) is 10.1 Å². The van der Waals surface area contributed by atoms with Crippen molar-refractivity contribution in [3.05, 3.63) is 83.6 Å². The van der Waals surface area contributed by atoms with Crippen LogP contribution in [0.25, 0.3) is 0 Å². The van der Waals surface area contributed by atoms with Crippen LogP contribution < -0.4 is 10.0 Å². The summed E-state index contributed by atoms with van der Waals surface area (Å²) in [7, 11) is -3.73. The number of aryl methyl sites for hydroxylation is 1. The summed E-state index contributed by atoms with van der Waals surface area (Å²) in [5.74, 6) is -0.316. The molecule has 0 aliphatic rings. The highest BCUT2D eigenvalue weighted by atomic mass is 32.2. The molecule has 0 aliphatic heterocycles. The lowest BCUT2D eigenvalue weighted by Gasteiger charge is -2.09. The smallest absolute Gasteiger partial charge is 0.255 e. The van der Waals surface area contributed by atoms with Crippen molar-refractivity contribution in [2.75, 3.05) is 5.32 Å². The number of amides is 1. The molecule has 1 amide bonds. The van der Waals surface area contributed by atoms with E-state index in [9.17, 15) is 17.6 Å². The second-order valence-electron chi connectivity index (χ2n) is 5.84. The number of carbonyl (C=O) groups is 1. The van der Waals surface area contributed by atoms with Crippen LogP contribution in [0.1, 0.15) is 21.7 Å². The molecule has 8 heteroatoms. The number of halogens is 1. The lowest BCUT2D eigenvalue weighted by Crippen LogP contribution is -2.23. The molecular formula is C19H17FN2O4S. The largest absolute Gasteiger partial charge is 0.468 e. The Morgan fingerprint density at radius 2 is 1.85 bits per heavy atom. The van der Waals surface area contributed by atoms with Gasteiger partial charge < -0.3 is 9.73 Å². The van der Waals surface area contributed by atoms with Gasteiger partial charge in [-0.05, 0) is 67.1 Å². The Bertz CT molecular complexity index is 1050. The lowest BCUT2D eigenvalue weighted by atomic mass is 10.1. The molecule has 1 aromatic heterocycles. The minimum absolute atomic E-state index is 0.0292. The predicted molar refractivity (Wildman–Crippen MR) is 98.3 cm³/mol. The van der Waals surface area contributed by atoms with Gasteiger partial charge in [-0.1, -0.05) is 0 Å². The van der Waals surface area contributed by atoms with Crippen LogP contribution in [0, 0.1) is 12.7 Å². The van der Waals surface area contributed by atoms with Crippen molar-refractivity contribution in [2.45, 2.75) is 18.4 Å². The van der Waals surface area contributed by atoms with E-state index in [-0.39, 0.29) is 22.8 Å². The molecule has 0 bridgehead atoms. The van der Waals surface area contributed by atoms with E-state index in [0.29, 0.717) is 17.0 Å². The summed E-state index contributed by atoms with van der Waals surface area (Å²) in [6.45, 7) is 1.71. The maximum atomic E-state index is 13.1. The third-order valence-corrected chi connectivity index (χ3v) is 5.30. The molecule has 0 saturated carbocycles. The minimum atomic E-state index is -3.73. The quantitative estimate of drug-likeness (QED) is 0.677. The van der Waals surface area contributed by atoms with Crippen molar-refractivity contribution < 1.29 is 22.0 Å². The number of furan rings is 1. The first-order valence-electron chi connectivity index (χ1n) is 8.05. The number of anilines is 1. The Morgan fingerprint density at radius 3 is 2.48 bits per heavy atom. The summed E-state index contributed by atoms with van der Waals surface area (Å²) >= 11 is 0. The Morgan fingerprint density at radius 1 is 1.11 bits per heavy atom. The highest BCUT2D eigenvalue weighted by Crippen LogP contribution is 2.18. The molecule has 0 spiro atoms. The molecule has 0 unspecified atom stereocenters. The van der Waals surface area contributed by atoms with Gasteiger partial charge >= 0.3 is 0 Å². The van der Waals surface area contributed by atoms with Crippen LogP contribution in [-0.2, 0) is 16.6 Å². The number of nitrogens with one attached hydrogen (secondary N) is 2. The molecule has 0 aliphatic carbocycles. The number of sulfonamides is 1. The average Bonchev–Trinajstić information content (AvgIpc) is 3.16. The first-order chi connectivity index (χ1) is 12.8. The van der Waals surface area contributed by atoms with E-state index in [4.69, 9.17) is 4.42 Å². The molecule has 6 nitrogen and oxygen atoms in total. The van der Waals surface area contributed by atoms with Crippen LogP contribution in [0.3, 0.4) is 0 Å². The van der Waals surface area contributed by atoms with E-state index in [2.05, 4.69) is 10.0 Å². The van der Waals surface area contributed by atoms with Crippen molar-refractivity contribution in [2.24, 2.45) is 0 Å². The van der Waals surface area contributed by atoms with Crippen molar-refractivity contribution in [3.63, 3.8) is 0 Å². The van der Waals surface area contributed by atoms with E-state index in [0.717, 1.165) is 0 Å². The number of rotatable bonds is 6. The average molecular weight is 388 g/mol. The van der Waals surface area contributed by atoms with Crippen LogP contribution in [-0.4, -0.2) is 14.3 Å². The van der Waals surface area contributed by atoms with Gasteiger partial charge in [-0.25, -0.2) is 17.5 Å². The molecule has 140 valence electrons. The summed E-state index contributed by atoms with van der Waals surface area (Å²) < 4.78 is 45.2. The number of benzene rings is 2. The van der Waals surface area contributed by atoms with Gasteiger partial charge in [0.15, 0.2) is 0 Å². The molecule has 27 heavy (non-hydrogen) atoms. The molecule has 1 heterocycles.